The summed E-state index contributed by atoms with van der Waals surface area (Å²) < 4.78 is 11.5. The average molecular weight is 474 g/mol. The van der Waals surface area contributed by atoms with Crippen LogP contribution in [-0.4, -0.2) is 25.3 Å². The largest absolute Gasteiger partial charge is 0.490 e. The molecule has 4 rings (SSSR count). The van der Waals surface area contributed by atoms with E-state index < -0.39 is 0 Å². The van der Waals surface area contributed by atoms with Crippen molar-refractivity contribution in [3.63, 3.8) is 0 Å². The summed E-state index contributed by atoms with van der Waals surface area (Å²) in [6.45, 7) is 4.22. The molecule has 1 amide bonds. The lowest BCUT2D eigenvalue weighted by molar-refractivity contribution is -0.118. The quantitative estimate of drug-likeness (QED) is 0.408. The van der Waals surface area contributed by atoms with Gasteiger partial charge in [0.15, 0.2) is 18.1 Å². The van der Waals surface area contributed by atoms with Crippen LogP contribution in [0.3, 0.4) is 0 Å². The maximum Gasteiger partial charge on any atom is 0.262 e. The fourth-order valence-electron chi connectivity index (χ4n) is 3.86. The number of anilines is 1. The summed E-state index contributed by atoms with van der Waals surface area (Å²) in [5.41, 5.74) is 4.56. The van der Waals surface area contributed by atoms with Gasteiger partial charge in [-0.15, -0.1) is 11.3 Å². The number of amides is 1. The van der Waals surface area contributed by atoms with Crippen molar-refractivity contribution in [1.82, 2.24) is 0 Å². The van der Waals surface area contributed by atoms with Crippen molar-refractivity contribution < 1.29 is 14.3 Å². The van der Waals surface area contributed by atoms with Gasteiger partial charge in [0.1, 0.15) is 11.1 Å². The Morgan fingerprint density at radius 1 is 1.15 bits per heavy atom. The zero-order valence-corrected chi connectivity index (χ0v) is 20.2. The van der Waals surface area contributed by atoms with Crippen LogP contribution in [0.25, 0.3) is 0 Å². The topological polar surface area (TPSA) is 83.7 Å². The van der Waals surface area contributed by atoms with Crippen molar-refractivity contribution in [1.29, 1.82) is 5.26 Å². The Hall–Kier alpha value is -3.63. The number of nitrogens with zero attached hydrogens (tertiary/aromatic N) is 2. The molecule has 0 atom stereocenters. The minimum absolute atomic E-state index is 0.131. The molecule has 0 radical (unpaired) electrons. The predicted octanol–water partition coefficient (Wildman–Crippen LogP) is 5.97. The van der Waals surface area contributed by atoms with Gasteiger partial charge in [-0.3, -0.25) is 4.79 Å². The summed E-state index contributed by atoms with van der Waals surface area (Å²) in [5, 5.41) is 13.2. The molecule has 0 bridgehead atoms. The van der Waals surface area contributed by atoms with Gasteiger partial charge >= 0.3 is 0 Å². The first-order valence-electron chi connectivity index (χ1n) is 11.4. The zero-order chi connectivity index (χ0) is 23.9. The highest BCUT2D eigenvalue weighted by Gasteiger charge is 2.20. The van der Waals surface area contributed by atoms with Crippen molar-refractivity contribution in [2.75, 3.05) is 18.5 Å². The van der Waals surface area contributed by atoms with Gasteiger partial charge in [0.25, 0.3) is 5.91 Å². The summed E-state index contributed by atoms with van der Waals surface area (Å²) in [5.74, 6) is 0.783. The van der Waals surface area contributed by atoms with E-state index in [1.54, 1.807) is 23.6 Å². The van der Waals surface area contributed by atoms with Crippen LogP contribution in [-0.2, 0) is 17.6 Å². The molecule has 6 nitrogen and oxygen atoms in total. The van der Waals surface area contributed by atoms with Crippen LogP contribution in [0.1, 0.15) is 46.9 Å². The maximum absolute atomic E-state index is 12.3. The van der Waals surface area contributed by atoms with Gasteiger partial charge in [-0.25, -0.2) is 4.99 Å². The maximum atomic E-state index is 12.3. The number of nitrogens with one attached hydrogen (secondary N) is 1. The zero-order valence-electron chi connectivity index (χ0n) is 19.4. The molecule has 34 heavy (non-hydrogen) atoms. The van der Waals surface area contributed by atoms with E-state index in [0.29, 0.717) is 23.7 Å². The molecule has 0 spiro atoms. The fraction of sp³-hybridized carbons (Fsp3) is 0.296. The Balaban J connectivity index is 1.45. The van der Waals surface area contributed by atoms with E-state index >= 15 is 0 Å². The smallest absolute Gasteiger partial charge is 0.262 e. The normalized spacial score (nSPS) is 12.7. The van der Waals surface area contributed by atoms with E-state index in [2.05, 4.69) is 16.4 Å². The second-order valence-corrected chi connectivity index (χ2v) is 9.19. The summed E-state index contributed by atoms with van der Waals surface area (Å²) in [4.78, 5) is 18.2. The molecular formula is C27H27N3O3S. The Morgan fingerprint density at radius 3 is 2.71 bits per heavy atom. The third-order valence-electron chi connectivity index (χ3n) is 5.56. The molecule has 1 heterocycles. The monoisotopic (exact) mass is 473 g/mol. The lowest BCUT2D eigenvalue weighted by atomic mass is 9.96. The van der Waals surface area contributed by atoms with Gasteiger partial charge in [0.05, 0.1) is 12.2 Å². The number of hydrogen-bond acceptors (Lipinski definition) is 6. The van der Waals surface area contributed by atoms with E-state index in [1.807, 2.05) is 50.2 Å². The van der Waals surface area contributed by atoms with Crippen molar-refractivity contribution in [3.05, 3.63) is 69.6 Å². The van der Waals surface area contributed by atoms with Crippen LogP contribution in [0.2, 0.25) is 0 Å². The first kappa shape index (κ1) is 23.5. The van der Waals surface area contributed by atoms with Gasteiger partial charge in [-0.2, -0.15) is 5.26 Å². The number of ether oxygens (including phenoxy) is 2. The van der Waals surface area contributed by atoms with Gasteiger partial charge in [0.2, 0.25) is 0 Å². The molecule has 1 aromatic heterocycles. The van der Waals surface area contributed by atoms with Crippen LogP contribution in [0.4, 0.5) is 10.7 Å². The van der Waals surface area contributed by atoms with E-state index in [9.17, 15) is 10.1 Å². The first-order chi connectivity index (χ1) is 16.6. The van der Waals surface area contributed by atoms with Crippen LogP contribution in [0.15, 0.2) is 47.5 Å². The molecule has 1 aliphatic rings. The number of thiophene rings is 1. The molecule has 2 aromatic carbocycles. The highest BCUT2D eigenvalue weighted by molar-refractivity contribution is 7.16. The van der Waals surface area contributed by atoms with Gasteiger partial charge < -0.3 is 14.8 Å². The standard InChI is InChI=1S/C27H27N3O3S/c1-3-32-24-14-19(16-29-27-22(15-28)21-6-4-5-7-25(21)34-27)10-13-23(24)33-17-26(31)30-20-11-8-18(2)9-12-20/h8-14,16H,3-7,17H2,1-2H3,(H,30,31). The first-order valence-corrected chi connectivity index (χ1v) is 12.2. The molecule has 3 aromatic rings. The molecule has 1 N–H and O–H groups in total. The minimum atomic E-state index is -0.248. The second-order valence-electron chi connectivity index (χ2n) is 8.10. The molecule has 0 aliphatic heterocycles. The number of nitriles is 1. The predicted molar refractivity (Wildman–Crippen MR) is 136 cm³/mol. The molecule has 0 fully saturated rings. The van der Waals surface area contributed by atoms with Crippen LogP contribution >= 0.6 is 11.3 Å². The molecule has 1 aliphatic carbocycles. The molecule has 0 unspecified atom stereocenters. The third kappa shape index (κ3) is 5.64. The molecular weight excluding hydrogens is 446 g/mol. The Bertz CT molecular complexity index is 1240. The number of hydrogen-bond donors (Lipinski definition) is 1. The Morgan fingerprint density at radius 2 is 1.94 bits per heavy atom. The third-order valence-corrected chi connectivity index (χ3v) is 6.76. The summed E-state index contributed by atoms with van der Waals surface area (Å²) in [6.07, 6.45) is 6.03. The number of carbonyl (C=O) groups excluding carboxylic acids is 1. The number of aliphatic imine (C=N–C) groups is 1. The summed E-state index contributed by atoms with van der Waals surface area (Å²) in [7, 11) is 0. The number of carbonyl (C=O) groups is 1. The highest BCUT2D eigenvalue weighted by atomic mass is 32.1. The molecule has 7 heteroatoms. The summed E-state index contributed by atoms with van der Waals surface area (Å²) >= 11 is 1.62. The summed E-state index contributed by atoms with van der Waals surface area (Å²) in [6, 6.07) is 15.4. The number of aryl methyl sites for hydroxylation is 2. The molecule has 0 saturated heterocycles. The Labute approximate surface area is 203 Å². The SMILES string of the molecule is CCOc1cc(C=Nc2sc3c(c2C#N)CCCC3)ccc1OCC(=O)Nc1ccc(C)cc1. The van der Waals surface area contributed by atoms with Crippen molar-refractivity contribution in [2.45, 2.75) is 39.5 Å². The second kappa shape index (κ2) is 11.0. The Kier molecular flexibility index (Phi) is 7.61. The van der Waals surface area contributed by atoms with Crippen LogP contribution < -0.4 is 14.8 Å². The van der Waals surface area contributed by atoms with E-state index in [1.165, 1.54) is 16.9 Å². The van der Waals surface area contributed by atoms with Gasteiger partial charge in [0, 0.05) is 16.8 Å². The van der Waals surface area contributed by atoms with E-state index in [4.69, 9.17) is 9.47 Å². The average Bonchev–Trinajstić information content (AvgIpc) is 3.21. The van der Waals surface area contributed by atoms with E-state index in [0.717, 1.165) is 41.1 Å². The fourth-order valence-corrected chi connectivity index (χ4v) is 5.04. The highest BCUT2D eigenvalue weighted by Crippen LogP contribution is 2.39. The molecule has 174 valence electrons. The minimum Gasteiger partial charge on any atom is -0.490 e. The van der Waals surface area contributed by atoms with Crippen LogP contribution in [0.5, 0.6) is 11.5 Å². The van der Waals surface area contributed by atoms with Crippen LogP contribution in [0, 0.1) is 18.3 Å². The van der Waals surface area contributed by atoms with Crippen molar-refractivity contribution >= 4 is 34.1 Å². The van der Waals surface area contributed by atoms with E-state index in [-0.39, 0.29) is 12.5 Å². The van der Waals surface area contributed by atoms with Gasteiger partial charge in [-0.05, 0) is 81.0 Å². The van der Waals surface area contributed by atoms with Crippen molar-refractivity contribution in [2.24, 2.45) is 4.99 Å². The lowest BCUT2D eigenvalue weighted by Gasteiger charge is -2.12. The van der Waals surface area contributed by atoms with Gasteiger partial charge in [-0.1, -0.05) is 17.7 Å². The number of rotatable bonds is 8. The molecule has 0 saturated carbocycles. The van der Waals surface area contributed by atoms with Crippen molar-refractivity contribution in [3.8, 4) is 17.6 Å². The lowest BCUT2D eigenvalue weighted by Crippen LogP contribution is -2.20. The number of fused-ring (bicyclic) bond motifs is 1. The number of benzene rings is 2.